The van der Waals surface area contributed by atoms with Crippen LogP contribution in [0.2, 0.25) is 0 Å². The first-order chi connectivity index (χ1) is 13.2. The maximum absolute atomic E-state index is 11.9. The van der Waals surface area contributed by atoms with Crippen molar-refractivity contribution in [2.24, 2.45) is 11.7 Å². The maximum Gasteiger partial charge on any atom is 0.254 e. The zero-order valence-corrected chi connectivity index (χ0v) is 17.0. The summed E-state index contributed by atoms with van der Waals surface area (Å²) < 4.78 is 7.33. The minimum atomic E-state index is -0.519. The van der Waals surface area contributed by atoms with Crippen molar-refractivity contribution >= 4 is 17.4 Å². The zero-order valence-electron chi connectivity index (χ0n) is 17.0. The van der Waals surface area contributed by atoms with Crippen molar-refractivity contribution in [3.05, 3.63) is 41.6 Å². The van der Waals surface area contributed by atoms with Crippen LogP contribution in [0.5, 0.6) is 0 Å². The Kier molecular flexibility index (Phi) is 5.76. The number of amides is 1. The van der Waals surface area contributed by atoms with Crippen LogP contribution < -0.4 is 11.1 Å². The Bertz CT molecular complexity index is 829. The van der Waals surface area contributed by atoms with Crippen LogP contribution >= 0.6 is 0 Å². The first kappa shape index (κ1) is 20.4. The lowest BCUT2D eigenvalue weighted by molar-refractivity contribution is 0.0192. The van der Waals surface area contributed by atoms with E-state index in [1.54, 1.807) is 13.3 Å². The number of primary amides is 1. The minimum absolute atomic E-state index is 0.141. The number of hydrogen-bond acceptors (Lipinski definition) is 5. The summed E-state index contributed by atoms with van der Waals surface area (Å²) in [6.07, 6.45) is 3.75. The average molecular weight is 386 g/mol. The number of carbonyl (C=O) groups is 1. The van der Waals surface area contributed by atoms with Gasteiger partial charge in [0.15, 0.2) is 5.82 Å². The monoisotopic (exact) mass is 386 g/mol. The van der Waals surface area contributed by atoms with Gasteiger partial charge in [0.25, 0.3) is 5.91 Å². The molecule has 4 N–H and O–H groups in total. The summed E-state index contributed by atoms with van der Waals surface area (Å²) in [5.41, 5.74) is 7.43. The molecule has 1 aromatic heterocycles. The lowest BCUT2D eigenvalue weighted by Crippen LogP contribution is -2.28. The van der Waals surface area contributed by atoms with Gasteiger partial charge in [0, 0.05) is 19.0 Å². The third kappa shape index (κ3) is 4.20. The van der Waals surface area contributed by atoms with Crippen LogP contribution in [0, 0.1) is 5.92 Å². The van der Waals surface area contributed by atoms with Crippen LogP contribution in [0.1, 0.15) is 62.0 Å². The fourth-order valence-corrected chi connectivity index (χ4v) is 3.79. The highest BCUT2D eigenvalue weighted by Gasteiger charge is 2.29. The Labute approximate surface area is 165 Å². The first-order valence-corrected chi connectivity index (χ1v) is 9.71. The summed E-state index contributed by atoms with van der Waals surface area (Å²) in [4.78, 5) is 11.9. The summed E-state index contributed by atoms with van der Waals surface area (Å²) in [7, 11) is 1.68. The van der Waals surface area contributed by atoms with Crippen molar-refractivity contribution in [3.8, 4) is 0 Å². The topological polar surface area (TPSA) is 102 Å². The molecule has 3 rings (SSSR count). The molecule has 3 atom stereocenters. The van der Waals surface area contributed by atoms with E-state index in [0.29, 0.717) is 11.4 Å². The molecule has 1 amide bonds. The number of methoxy groups -OCH3 is 1. The summed E-state index contributed by atoms with van der Waals surface area (Å²) in [6.45, 7) is 6.11. The number of carbonyl (C=O) groups excluding carboxylic acids is 1. The largest absolute Gasteiger partial charge is 0.393 e. The highest BCUT2D eigenvalue weighted by Crippen LogP contribution is 2.35. The van der Waals surface area contributed by atoms with Gasteiger partial charge >= 0.3 is 0 Å². The predicted molar refractivity (Wildman–Crippen MR) is 109 cm³/mol. The fraction of sp³-hybridized carbons (Fsp3) is 0.524. The normalized spacial score (nSPS) is 22.8. The van der Waals surface area contributed by atoms with Gasteiger partial charge in [0.1, 0.15) is 5.56 Å². The minimum Gasteiger partial charge on any atom is -0.393 e. The van der Waals surface area contributed by atoms with E-state index >= 15 is 0 Å². The molecule has 0 radical (unpaired) electrons. The van der Waals surface area contributed by atoms with Gasteiger partial charge in [-0.05, 0) is 56.7 Å². The van der Waals surface area contributed by atoms with Crippen LogP contribution in [0.3, 0.4) is 0 Å². The quantitative estimate of drug-likeness (QED) is 0.707. The molecule has 0 aliphatic heterocycles. The van der Waals surface area contributed by atoms with Crippen LogP contribution in [0.25, 0.3) is 0 Å². The van der Waals surface area contributed by atoms with E-state index in [1.807, 2.05) is 42.8 Å². The highest BCUT2D eigenvalue weighted by molar-refractivity contribution is 5.98. The molecule has 0 saturated heterocycles. The number of rotatable bonds is 6. The van der Waals surface area contributed by atoms with E-state index < -0.39 is 5.91 Å². The highest BCUT2D eigenvalue weighted by atomic mass is 16.5. The number of nitrogens with two attached hydrogens (primary N) is 1. The number of anilines is 2. The van der Waals surface area contributed by atoms with E-state index in [1.165, 1.54) is 0 Å². The molecule has 0 unspecified atom stereocenters. The number of aliphatic hydroxyl groups excluding tert-OH is 1. The number of aliphatic hydroxyl groups is 1. The Morgan fingerprint density at radius 1 is 1.32 bits per heavy atom. The second-order valence-corrected chi connectivity index (χ2v) is 8.16. The van der Waals surface area contributed by atoms with E-state index in [0.717, 1.165) is 30.5 Å². The lowest BCUT2D eigenvalue weighted by atomic mass is 9.84. The van der Waals surface area contributed by atoms with E-state index in [4.69, 9.17) is 10.5 Å². The smallest absolute Gasteiger partial charge is 0.254 e. The third-order valence-electron chi connectivity index (χ3n) is 5.79. The summed E-state index contributed by atoms with van der Waals surface area (Å²) in [6, 6.07) is 7.97. The van der Waals surface area contributed by atoms with Crippen molar-refractivity contribution in [2.75, 3.05) is 12.4 Å². The number of benzene rings is 1. The molecule has 1 fully saturated rings. The van der Waals surface area contributed by atoms with Crippen molar-refractivity contribution in [1.82, 2.24) is 9.78 Å². The Morgan fingerprint density at radius 2 is 2.00 bits per heavy atom. The average Bonchev–Trinajstić information content (AvgIpc) is 3.06. The van der Waals surface area contributed by atoms with Gasteiger partial charge in [0.05, 0.1) is 17.7 Å². The molecule has 1 aliphatic rings. The maximum atomic E-state index is 11.9. The van der Waals surface area contributed by atoms with E-state index in [2.05, 4.69) is 17.3 Å². The molecule has 152 valence electrons. The van der Waals surface area contributed by atoms with Crippen molar-refractivity contribution < 1.29 is 14.6 Å². The Balaban J connectivity index is 1.84. The van der Waals surface area contributed by atoms with Gasteiger partial charge in [-0.25, -0.2) is 0 Å². The first-order valence-electron chi connectivity index (χ1n) is 9.71. The molecular weight excluding hydrogens is 356 g/mol. The van der Waals surface area contributed by atoms with Gasteiger partial charge in [-0.15, -0.1) is 0 Å². The zero-order chi connectivity index (χ0) is 20.5. The Hall–Kier alpha value is -2.38. The summed E-state index contributed by atoms with van der Waals surface area (Å²) in [5.74, 6) is 0.201. The van der Waals surface area contributed by atoms with E-state index in [-0.39, 0.29) is 23.7 Å². The molecule has 2 aromatic rings. The number of ether oxygens (including phenoxy) is 1. The second kappa shape index (κ2) is 7.93. The number of hydrogen-bond donors (Lipinski definition) is 3. The van der Waals surface area contributed by atoms with Crippen LogP contribution in [0.15, 0.2) is 30.5 Å². The van der Waals surface area contributed by atoms with Crippen LogP contribution in [-0.2, 0) is 10.3 Å². The number of nitrogens with zero attached hydrogens (tertiary/aromatic N) is 2. The van der Waals surface area contributed by atoms with E-state index in [9.17, 15) is 9.90 Å². The molecule has 7 heteroatoms. The molecule has 1 aliphatic carbocycles. The van der Waals surface area contributed by atoms with Gasteiger partial charge < -0.3 is 20.9 Å². The van der Waals surface area contributed by atoms with Gasteiger partial charge in [-0.1, -0.05) is 19.1 Å². The fourth-order valence-electron chi connectivity index (χ4n) is 3.79. The molecule has 28 heavy (non-hydrogen) atoms. The predicted octanol–water partition coefficient (Wildman–Crippen LogP) is 3.33. The molecule has 1 aromatic carbocycles. The van der Waals surface area contributed by atoms with Crippen molar-refractivity contribution in [2.45, 2.75) is 57.8 Å². The van der Waals surface area contributed by atoms with Gasteiger partial charge in [-0.2, -0.15) is 5.10 Å². The summed E-state index contributed by atoms with van der Waals surface area (Å²) in [5, 5.41) is 17.7. The lowest BCUT2D eigenvalue weighted by Gasteiger charge is -2.31. The molecule has 7 nitrogen and oxygen atoms in total. The van der Waals surface area contributed by atoms with Crippen LogP contribution in [-0.4, -0.2) is 34.0 Å². The molecule has 0 spiro atoms. The van der Waals surface area contributed by atoms with Crippen LogP contribution in [0.4, 0.5) is 11.5 Å². The molecule has 1 heterocycles. The number of nitrogens with one attached hydrogen (secondary N) is 1. The number of aromatic nitrogens is 2. The summed E-state index contributed by atoms with van der Waals surface area (Å²) >= 11 is 0. The van der Waals surface area contributed by atoms with Crippen molar-refractivity contribution in [1.29, 1.82) is 0 Å². The molecule has 0 bridgehead atoms. The standard InChI is InChI=1S/C21H30N4O3/c1-13-11-16(26)9-10-18(13)25-12-17(19(22)27)20(24-25)23-15-7-5-14(6-8-15)21(2,3)28-4/h5-8,12-13,16,18,26H,9-11H2,1-4H3,(H2,22,27)(H,23,24)/t13-,16+,18-/m0/s1. The SMILES string of the molecule is COC(C)(C)c1ccc(Nc2nn([C@H]3CC[C@@H](O)C[C@@H]3C)cc2C(N)=O)cc1. The second-order valence-electron chi connectivity index (χ2n) is 8.16. The van der Waals surface area contributed by atoms with Crippen molar-refractivity contribution in [3.63, 3.8) is 0 Å². The molecular formula is C21H30N4O3. The third-order valence-corrected chi connectivity index (χ3v) is 5.79. The Morgan fingerprint density at radius 3 is 2.57 bits per heavy atom. The van der Waals surface area contributed by atoms with Gasteiger partial charge in [-0.3, -0.25) is 9.48 Å². The van der Waals surface area contributed by atoms with Gasteiger partial charge in [0.2, 0.25) is 0 Å². The molecule has 1 saturated carbocycles.